The van der Waals surface area contributed by atoms with Crippen LogP contribution in [0.15, 0.2) is 104 Å². The van der Waals surface area contributed by atoms with Gasteiger partial charge in [0.25, 0.3) is 0 Å². The molecule has 2 heteroatoms. The fraction of sp³-hybridized carbons (Fsp3) is 0.0400. The summed E-state index contributed by atoms with van der Waals surface area (Å²) < 4.78 is 0. The van der Waals surface area contributed by atoms with Gasteiger partial charge in [0.05, 0.1) is 0 Å². The van der Waals surface area contributed by atoms with Gasteiger partial charge in [-0.1, -0.05) is 66.8 Å². The first-order valence-electron chi connectivity index (χ1n) is 9.08. The van der Waals surface area contributed by atoms with E-state index in [-0.39, 0.29) is 0 Å². The number of H-pyrrole nitrogens is 1. The number of aromatic nitrogens is 1. The lowest BCUT2D eigenvalue weighted by Crippen LogP contribution is -2.08. The molecule has 4 aromatic rings. The molecule has 0 aliphatic carbocycles. The molecule has 0 aliphatic heterocycles. The van der Waals surface area contributed by atoms with Crippen molar-refractivity contribution in [2.24, 2.45) is 0 Å². The molecule has 0 saturated carbocycles. The smallest absolute Gasteiger partial charge is 0.0485 e. The summed E-state index contributed by atoms with van der Waals surface area (Å²) in [5.74, 6) is 0. The van der Waals surface area contributed by atoms with Gasteiger partial charge >= 0.3 is 0 Å². The summed E-state index contributed by atoms with van der Waals surface area (Å²) in [6, 6.07) is 23.5. The number of allylic oxidation sites excluding steroid dienone is 4. The third-order valence-electron chi connectivity index (χ3n) is 4.67. The predicted molar refractivity (Wildman–Crippen MR) is 118 cm³/mol. The van der Waals surface area contributed by atoms with E-state index in [9.17, 15) is 0 Å². The van der Waals surface area contributed by atoms with Crippen LogP contribution in [0, 0.1) is 6.92 Å². The molecule has 0 radical (unpaired) electrons. The van der Waals surface area contributed by atoms with Crippen LogP contribution >= 0.6 is 0 Å². The van der Waals surface area contributed by atoms with Gasteiger partial charge in [0.15, 0.2) is 0 Å². The summed E-state index contributed by atoms with van der Waals surface area (Å²) in [5, 5.41) is 2.50. The number of hydrogen-bond donors (Lipinski definition) is 1. The van der Waals surface area contributed by atoms with Gasteiger partial charge in [-0.2, -0.15) is 0 Å². The number of aryl methyl sites for hydroxylation is 1. The zero-order valence-corrected chi connectivity index (χ0v) is 15.4. The largest absolute Gasteiger partial charge is 0.354 e. The van der Waals surface area contributed by atoms with E-state index in [0.29, 0.717) is 0 Å². The van der Waals surface area contributed by atoms with Crippen LogP contribution in [0.4, 0.5) is 11.4 Å². The van der Waals surface area contributed by atoms with Crippen molar-refractivity contribution in [1.29, 1.82) is 0 Å². The van der Waals surface area contributed by atoms with Crippen LogP contribution in [-0.2, 0) is 0 Å². The molecule has 1 aromatic heterocycles. The number of benzene rings is 3. The van der Waals surface area contributed by atoms with Crippen molar-refractivity contribution in [3.63, 3.8) is 0 Å². The van der Waals surface area contributed by atoms with Crippen molar-refractivity contribution in [3.8, 4) is 0 Å². The Morgan fingerprint density at radius 2 is 1.52 bits per heavy atom. The van der Waals surface area contributed by atoms with Gasteiger partial charge in [-0.25, -0.2) is 0 Å². The number of rotatable bonds is 5. The second-order valence-corrected chi connectivity index (χ2v) is 6.57. The lowest BCUT2D eigenvalue weighted by Gasteiger charge is -2.21. The molecule has 0 aliphatic rings. The van der Waals surface area contributed by atoms with E-state index < -0.39 is 0 Å². The van der Waals surface area contributed by atoms with Crippen molar-refractivity contribution in [1.82, 2.24) is 4.98 Å². The molecule has 4 rings (SSSR count). The molecule has 0 bridgehead atoms. The maximum atomic E-state index is 3.72. The number of fused-ring (bicyclic) bond motifs is 3. The monoisotopic (exact) mass is 350 g/mol. The normalized spacial score (nSPS) is 11.7. The number of nitrogens with one attached hydrogen (secondary N) is 1. The predicted octanol–water partition coefficient (Wildman–Crippen LogP) is 7.02. The molecule has 0 saturated heterocycles. The van der Waals surface area contributed by atoms with Crippen molar-refractivity contribution in [2.75, 3.05) is 4.90 Å². The highest BCUT2D eigenvalue weighted by atomic mass is 15.1. The first-order chi connectivity index (χ1) is 13.3. The Morgan fingerprint density at radius 3 is 2.33 bits per heavy atom. The van der Waals surface area contributed by atoms with Crippen LogP contribution in [0.3, 0.4) is 0 Å². The Labute approximate surface area is 159 Å². The minimum atomic E-state index is 1.11. The van der Waals surface area contributed by atoms with Crippen molar-refractivity contribution < 1.29 is 0 Å². The van der Waals surface area contributed by atoms with E-state index in [1.165, 1.54) is 16.3 Å². The molecule has 1 heterocycles. The fourth-order valence-electron chi connectivity index (χ4n) is 3.30. The molecule has 0 fully saturated rings. The number of anilines is 2. The van der Waals surface area contributed by atoms with Gasteiger partial charge in [0.2, 0.25) is 0 Å². The summed E-state index contributed by atoms with van der Waals surface area (Å²) in [6.07, 6.45) is 9.78. The average molecular weight is 350 g/mol. The van der Waals surface area contributed by atoms with E-state index in [2.05, 4.69) is 96.3 Å². The van der Waals surface area contributed by atoms with E-state index in [0.717, 1.165) is 22.4 Å². The summed E-state index contributed by atoms with van der Waals surface area (Å²) in [6.45, 7) is 5.82. The minimum Gasteiger partial charge on any atom is -0.354 e. The minimum absolute atomic E-state index is 1.11. The molecule has 2 nitrogen and oxygen atoms in total. The van der Waals surface area contributed by atoms with E-state index in [1.807, 2.05) is 18.2 Å². The fourth-order valence-corrected chi connectivity index (χ4v) is 3.30. The lowest BCUT2D eigenvalue weighted by atomic mass is 10.1. The molecule has 3 aromatic carbocycles. The number of hydrogen-bond acceptors (Lipinski definition) is 1. The molecule has 0 atom stereocenters. The zero-order chi connectivity index (χ0) is 18.6. The summed E-state index contributed by atoms with van der Waals surface area (Å²) >= 11 is 0. The van der Waals surface area contributed by atoms with Crippen LogP contribution in [0.5, 0.6) is 0 Å². The topological polar surface area (TPSA) is 19.0 Å². The standard InChI is InChI=1S/C25H22N2/c1-3-4-5-8-17-27(20-13-11-19(2)12-14-20)21-15-16-23-22-9-6-7-10-24(22)26-25(23)18-21/h3-18,26H,1H2,2H3/b5-4-,17-8-. The highest BCUT2D eigenvalue weighted by molar-refractivity contribution is 6.08. The third kappa shape index (κ3) is 3.42. The Kier molecular flexibility index (Phi) is 4.63. The van der Waals surface area contributed by atoms with Gasteiger partial charge in [0.1, 0.15) is 0 Å². The average Bonchev–Trinajstić information content (AvgIpc) is 3.07. The highest BCUT2D eigenvalue weighted by Gasteiger charge is 2.09. The molecule has 0 amide bonds. The zero-order valence-electron chi connectivity index (χ0n) is 15.4. The maximum absolute atomic E-state index is 3.72. The van der Waals surface area contributed by atoms with Crippen molar-refractivity contribution in [2.45, 2.75) is 6.92 Å². The Hall–Kier alpha value is -3.52. The first-order valence-corrected chi connectivity index (χ1v) is 9.08. The Morgan fingerprint density at radius 1 is 0.778 bits per heavy atom. The SMILES string of the molecule is C=C/C=C\C=C/N(c1ccc(C)cc1)c1ccc2c(c1)[nH]c1ccccc12. The van der Waals surface area contributed by atoms with Gasteiger partial charge in [-0.3, -0.25) is 0 Å². The molecule has 1 N–H and O–H groups in total. The first kappa shape index (κ1) is 16.9. The molecule has 0 unspecified atom stereocenters. The second kappa shape index (κ2) is 7.38. The highest BCUT2D eigenvalue weighted by Crippen LogP contribution is 2.32. The number of para-hydroxylation sites is 1. The van der Waals surface area contributed by atoms with Crippen LogP contribution in [0.2, 0.25) is 0 Å². The molecular weight excluding hydrogens is 328 g/mol. The quantitative estimate of drug-likeness (QED) is 0.383. The van der Waals surface area contributed by atoms with Crippen LogP contribution in [0.1, 0.15) is 5.56 Å². The van der Waals surface area contributed by atoms with Crippen molar-refractivity contribution >= 4 is 33.2 Å². The van der Waals surface area contributed by atoms with Gasteiger partial charge < -0.3 is 9.88 Å². The summed E-state index contributed by atoms with van der Waals surface area (Å²) in [4.78, 5) is 5.72. The molecule has 132 valence electrons. The lowest BCUT2D eigenvalue weighted by molar-refractivity contribution is 1.28. The second-order valence-electron chi connectivity index (χ2n) is 6.57. The van der Waals surface area contributed by atoms with Gasteiger partial charge in [-0.15, -0.1) is 0 Å². The molecular formula is C25H22N2. The third-order valence-corrected chi connectivity index (χ3v) is 4.67. The maximum Gasteiger partial charge on any atom is 0.0485 e. The van der Waals surface area contributed by atoms with Gasteiger partial charge in [-0.05, 0) is 43.3 Å². The number of aromatic amines is 1. The van der Waals surface area contributed by atoms with Crippen LogP contribution < -0.4 is 4.90 Å². The van der Waals surface area contributed by atoms with E-state index in [4.69, 9.17) is 0 Å². The molecule has 0 spiro atoms. The van der Waals surface area contributed by atoms with Crippen LogP contribution in [-0.4, -0.2) is 4.98 Å². The van der Waals surface area contributed by atoms with Crippen LogP contribution in [0.25, 0.3) is 21.8 Å². The summed E-state index contributed by atoms with van der Waals surface area (Å²) in [5.41, 5.74) is 5.79. The Bertz CT molecular complexity index is 1140. The molecule has 27 heavy (non-hydrogen) atoms. The Balaban J connectivity index is 1.81. The van der Waals surface area contributed by atoms with E-state index in [1.54, 1.807) is 6.08 Å². The number of nitrogens with zero attached hydrogens (tertiary/aromatic N) is 1. The van der Waals surface area contributed by atoms with Crippen molar-refractivity contribution in [3.05, 3.63) is 109 Å². The summed E-state index contributed by atoms with van der Waals surface area (Å²) in [7, 11) is 0. The van der Waals surface area contributed by atoms with Gasteiger partial charge in [0, 0.05) is 39.4 Å². The van der Waals surface area contributed by atoms with E-state index >= 15 is 0 Å².